The Morgan fingerprint density at radius 3 is 2.15 bits per heavy atom. The Balaban J connectivity index is 4.34. The standard InChI is InChI=1S/C14H26N2O4/c1-9(2)11(4)16-14(19)20-13(7-6-10(3)17)8-15-12(5)18/h9,11,13H,6-8H2,1-5H3,(H,15,18)(H,16,19). The van der Waals surface area contributed by atoms with Gasteiger partial charge in [0, 0.05) is 19.4 Å². The first-order valence-electron chi connectivity index (χ1n) is 6.93. The van der Waals surface area contributed by atoms with E-state index in [2.05, 4.69) is 10.6 Å². The molecule has 0 heterocycles. The molecule has 0 aliphatic heterocycles. The summed E-state index contributed by atoms with van der Waals surface area (Å²) in [5.41, 5.74) is 0. The van der Waals surface area contributed by atoms with Crippen LogP contribution in [0.25, 0.3) is 0 Å². The third-order valence-electron chi connectivity index (χ3n) is 3.02. The molecule has 6 nitrogen and oxygen atoms in total. The fourth-order valence-corrected chi connectivity index (χ4v) is 1.36. The zero-order chi connectivity index (χ0) is 15.7. The van der Waals surface area contributed by atoms with Crippen LogP contribution < -0.4 is 10.6 Å². The molecule has 2 unspecified atom stereocenters. The summed E-state index contributed by atoms with van der Waals surface area (Å²) in [7, 11) is 0. The van der Waals surface area contributed by atoms with Crippen molar-refractivity contribution in [3.8, 4) is 0 Å². The number of nitrogens with one attached hydrogen (secondary N) is 2. The normalized spacial score (nSPS) is 13.5. The van der Waals surface area contributed by atoms with Crippen molar-refractivity contribution in [3.63, 3.8) is 0 Å². The van der Waals surface area contributed by atoms with E-state index in [-0.39, 0.29) is 24.3 Å². The molecule has 0 saturated carbocycles. The molecular weight excluding hydrogens is 260 g/mol. The summed E-state index contributed by atoms with van der Waals surface area (Å²) in [6.45, 7) is 8.97. The van der Waals surface area contributed by atoms with Gasteiger partial charge in [0.25, 0.3) is 0 Å². The van der Waals surface area contributed by atoms with E-state index in [1.54, 1.807) is 0 Å². The van der Waals surface area contributed by atoms with E-state index in [0.717, 1.165) is 0 Å². The maximum absolute atomic E-state index is 11.7. The van der Waals surface area contributed by atoms with Crippen molar-refractivity contribution < 1.29 is 19.1 Å². The molecule has 2 amide bonds. The molecule has 0 fully saturated rings. The molecule has 0 saturated heterocycles. The highest BCUT2D eigenvalue weighted by molar-refractivity contribution is 5.75. The van der Waals surface area contributed by atoms with E-state index < -0.39 is 12.2 Å². The highest BCUT2D eigenvalue weighted by Gasteiger charge is 2.18. The SMILES string of the molecule is CC(=O)CCC(CNC(C)=O)OC(=O)NC(C)C(C)C. The summed E-state index contributed by atoms with van der Waals surface area (Å²) in [5.74, 6) is 0.128. The van der Waals surface area contributed by atoms with Crippen molar-refractivity contribution >= 4 is 17.8 Å². The van der Waals surface area contributed by atoms with Crippen molar-refractivity contribution in [1.29, 1.82) is 0 Å². The first-order chi connectivity index (χ1) is 9.22. The second-order valence-electron chi connectivity index (χ2n) is 5.38. The molecule has 0 aromatic carbocycles. The Morgan fingerprint density at radius 1 is 1.10 bits per heavy atom. The van der Waals surface area contributed by atoms with Gasteiger partial charge in [-0.25, -0.2) is 4.79 Å². The quantitative estimate of drug-likeness (QED) is 0.710. The summed E-state index contributed by atoms with van der Waals surface area (Å²) < 4.78 is 5.26. The van der Waals surface area contributed by atoms with Gasteiger partial charge in [-0.3, -0.25) is 4.79 Å². The lowest BCUT2D eigenvalue weighted by atomic mass is 10.1. The van der Waals surface area contributed by atoms with Crippen LogP contribution in [-0.2, 0) is 14.3 Å². The van der Waals surface area contributed by atoms with E-state index in [4.69, 9.17) is 4.74 Å². The number of carbonyl (C=O) groups excluding carboxylic acids is 3. The largest absolute Gasteiger partial charge is 0.444 e. The monoisotopic (exact) mass is 286 g/mol. The van der Waals surface area contributed by atoms with Crippen LogP contribution in [-0.4, -0.2) is 36.5 Å². The third-order valence-corrected chi connectivity index (χ3v) is 3.02. The predicted molar refractivity (Wildman–Crippen MR) is 76.3 cm³/mol. The smallest absolute Gasteiger partial charge is 0.407 e. The van der Waals surface area contributed by atoms with Crippen molar-refractivity contribution in [2.24, 2.45) is 5.92 Å². The molecule has 0 aliphatic rings. The predicted octanol–water partition coefficient (Wildman–Crippen LogP) is 1.63. The second-order valence-corrected chi connectivity index (χ2v) is 5.38. The van der Waals surface area contributed by atoms with Gasteiger partial charge in [-0.2, -0.15) is 0 Å². The maximum Gasteiger partial charge on any atom is 0.407 e. The van der Waals surface area contributed by atoms with Crippen LogP contribution in [0.3, 0.4) is 0 Å². The fourth-order valence-electron chi connectivity index (χ4n) is 1.36. The number of Topliss-reactive ketones (excluding diaryl/α,β-unsaturated/α-hetero) is 1. The van der Waals surface area contributed by atoms with E-state index in [0.29, 0.717) is 18.8 Å². The lowest BCUT2D eigenvalue weighted by Gasteiger charge is -2.21. The molecular formula is C14H26N2O4. The number of hydrogen-bond acceptors (Lipinski definition) is 4. The van der Waals surface area contributed by atoms with Gasteiger partial charge in [-0.05, 0) is 26.2 Å². The molecule has 0 aromatic rings. The minimum absolute atomic E-state index is 0.00303. The number of hydrogen-bond donors (Lipinski definition) is 2. The lowest BCUT2D eigenvalue weighted by Crippen LogP contribution is -2.41. The summed E-state index contributed by atoms with van der Waals surface area (Å²) in [6, 6.07) is -0.00303. The van der Waals surface area contributed by atoms with Gasteiger partial charge in [0.1, 0.15) is 11.9 Å². The number of carbonyl (C=O) groups is 3. The molecule has 6 heteroatoms. The van der Waals surface area contributed by atoms with E-state index in [9.17, 15) is 14.4 Å². The Morgan fingerprint density at radius 2 is 1.70 bits per heavy atom. The van der Waals surface area contributed by atoms with E-state index >= 15 is 0 Å². The van der Waals surface area contributed by atoms with Crippen LogP contribution in [0.2, 0.25) is 0 Å². The molecule has 0 bridgehead atoms. The fraction of sp³-hybridized carbons (Fsp3) is 0.786. The summed E-state index contributed by atoms with van der Waals surface area (Å²) in [6.07, 6.45) is -0.302. The molecule has 0 rings (SSSR count). The minimum atomic E-state index is -0.523. The minimum Gasteiger partial charge on any atom is -0.444 e. The van der Waals surface area contributed by atoms with Gasteiger partial charge >= 0.3 is 6.09 Å². The average Bonchev–Trinajstić information content (AvgIpc) is 2.31. The summed E-state index contributed by atoms with van der Waals surface area (Å²) in [5, 5.41) is 5.32. The van der Waals surface area contributed by atoms with Crippen molar-refractivity contribution in [3.05, 3.63) is 0 Å². The molecule has 0 spiro atoms. The Labute approximate surface area is 120 Å². The topological polar surface area (TPSA) is 84.5 Å². The molecule has 20 heavy (non-hydrogen) atoms. The van der Waals surface area contributed by atoms with Crippen LogP contribution in [0.15, 0.2) is 0 Å². The third kappa shape index (κ3) is 9.35. The van der Waals surface area contributed by atoms with Crippen LogP contribution in [0.1, 0.15) is 47.5 Å². The van der Waals surface area contributed by atoms with Crippen molar-refractivity contribution in [1.82, 2.24) is 10.6 Å². The molecule has 2 N–H and O–H groups in total. The van der Waals surface area contributed by atoms with Gasteiger partial charge in [0.15, 0.2) is 0 Å². The van der Waals surface area contributed by atoms with Crippen molar-refractivity contribution in [2.45, 2.75) is 59.6 Å². The second kappa shape index (κ2) is 9.34. The van der Waals surface area contributed by atoms with Gasteiger partial charge < -0.3 is 20.2 Å². The Bertz CT molecular complexity index is 324. The van der Waals surface area contributed by atoms with Crippen LogP contribution in [0, 0.1) is 5.92 Å². The molecule has 2 atom stereocenters. The van der Waals surface area contributed by atoms with Crippen LogP contribution in [0.4, 0.5) is 4.79 Å². The van der Waals surface area contributed by atoms with Crippen LogP contribution >= 0.6 is 0 Å². The summed E-state index contributed by atoms with van der Waals surface area (Å²) >= 11 is 0. The molecule has 116 valence electrons. The van der Waals surface area contributed by atoms with E-state index in [1.807, 2.05) is 20.8 Å². The zero-order valence-corrected chi connectivity index (χ0v) is 13.0. The number of rotatable bonds is 8. The first kappa shape index (κ1) is 18.4. The van der Waals surface area contributed by atoms with Gasteiger partial charge in [-0.15, -0.1) is 0 Å². The average molecular weight is 286 g/mol. The number of ether oxygens (including phenoxy) is 1. The van der Waals surface area contributed by atoms with Crippen molar-refractivity contribution in [2.75, 3.05) is 6.54 Å². The van der Waals surface area contributed by atoms with Gasteiger partial charge in [-0.1, -0.05) is 13.8 Å². The Kier molecular flexibility index (Phi) is 8.59. The maximum atomic E-state index is 11.7. The molecule has 0 aromatic heterocycles. The van der Waals surface area contributed by atoms with Gasteiger partial charge in [0.05, 0.1) is 6.54 Å². The first-order valence-corrected chi connectivity index (χ1v) is 6.93. The highest BCUT2D eigenvalue weighted by atomic mass is 16.6. The highest BCUT2D eigenvalue weighted by Crippen LogP contribution is 2.05. The summed E-state index contributed by atoms with van der Waals surface area (Å²) in [4.78, 5) is 33.6. The lowest BCUT2D eigenvalue weighted by molar-refractivity contribution is -0.119. The molecule has 0 radical (unpaired) electrons. The Hall–Kier alpha value is -1.59. The number of alkyl carbamates (subject to hydrolysis) is 1. The molecule has 0 aliphatic carbocycles. The van der Waals surface area contributed by atoms with E-state index in [1.165, 1.54) is 13.8 Å². The number of amides is 2. The zero-order valence-electron chi connectivity index (χ0n) is 13.0. The van der Waals surface area contributed by atoms with Crippen LogP contribution in [0.5, 0.6) is 0 Å². The van der Waals surface area contributed by atoms with Gasteiger partial charge in [0.2, 0.25) is 5.91 Å². The number of ketones is 1.